The van der Waals surface area contributed by atoms with Crippen molar-refractivity contribution in [1.29, 1.82) is 0 Å². The fraction of sp³-hybridized carbons (Fsp3) is 0.476. The summed E-state index contributed by atoms with van der Waals surface area (Å²) in [6, 6.07) is 4.42. The van der Waals surface area contributed by atoms with E-state index in [0.29, 0.717) is 5.56 Å². The summed E-state index contributed by atoms with van der Waals surface area (Å²) in [5.41, 5.74) is 0.371. The highest BCUT2D eigenvalue weighted by atomic mass is 32.2. The van der Waals surface area contributed by atoms with E-state index in [1.165, 1.54) is 41.0 Å². The van der Waals surface area contributed by atoms with Gasteiger partial charge >= 0.3 is 12.3 Å². The molecule has 0 bridgehead atoms. The van der Waals surface area contributed by atoms with Gasteiger partial charge in [0, 0.05) is 43.9 Å². The maximum absolute atomic E-state index is 13.4. The molecule has 12 nitrogen and oxygen atoms in total. The van der Waals surface area contributed by atoms with Crippen molar-refractivity contribution in [1.82, 2.24) is 24.6 Å². The smallest absolute Gasteiger partial charge is 0.445 e. The van der Waals surface area contributed by atoms with Crippen molar-refractivity contribution >= 4 is 34.6 Å². The number of nitrogens with zero attached hydrogens (tertiary/aromatic N) is 6. The standard InChI is InChI=1S/C21H21F3N6O6S/c1-12(31)37-15-8-16(18(32)27-6-7-28-17(10-27)25-26-19(28)21(22,23)24)29(9-15)20(33)36-11-13-2-4-14(5-3-13)30(34)35/h2-5,15-16H,6-11H2,1H3/t15-,16-/m0/s1. The number of fused-ring (bicyclic) bond motifs is 1. The monoisotopic (exact) mass is 542 g/mol. The van der Waals surface area contributed by atoms with E-state index in [1.54, 1.807) is 0 Å². The average molecular weight is 542 g/mol. The van der Waals surface area contributed by atoms with Crippen LogP contribution in [0.15, 0.2) is 24.3 Å². The third-order valence-corrected chi connectivity index (χ3v) is 6.95. The van der Waals surface area contributed by atoms with E-state index in [4.69, 9.17) is 4.74 Å². The number of carbonyl (C=O) groups excluding carboxylic acids is 3. The third kappa shape index (κ3) is 5.84. The molecule has 1 aromatic carbocycles. The Hall–Kier alpha value is -3.69. The van der Waals surface area contributed by atoms with Gasteiger partial charge in [0.1, 0.15) is 12.6 Å². The molecule has 2 aliphatic heterocycles. The van der Waals surface area contributed by atoms with Gasteiger partial charge in [0.25, 0.3) is 5.69 Å². The topological polar surface area (TPSA) is 141 Å². The molecular weight excluding hydrogens is 521 g/mol. The Morgan fingerprint density at radius 1 is 1.19 bits per heavy atom. The van der Waals surface area contributed by atoms with Crippen LogP contribution in [0.5, 0.6) is 0 Å². The number of benzene rings is 1. The summed E-state index contributed by atoms with van der Waals surface area (Å²) in [6.07, 6.45) is -5.33. The van der Waals surface area contributed by atoms with Crippen LogP contribution in [0.4, 0.5) is 23.7 Å². The van der Waals surface area contributed by atoms with Crippen molar-refractivity contribution in [3.63, 3.8) is 0 Å². The quantitative estimate of drug-likeness (QED) is 0.412. The molecular formula is C21H21F3N6O6S. The van der Waals surface area contributed by atoms with E-state index < -0.39 is 35.0 Å². The second-order valence-corrected chi connectivity index (χ2v) is 9.94. The summed E-state index contributed by atoms with van der Waals surface area (Å²) in [6.45, 7) is 0.806. The Kier molecular flexibility index (Phi) is 7.38. The van der Waals surface area contributed by atoms with Gasteiger partial charge in [0.05, 0.1) is 11.5 Å². The fourth-order valence-electron chi connectivity index (χ4n) is 4.26. The average Bonchev–Trinajstić information content (AvgIpc) is 3.46. The molecule has 2 amide bonds. The van der Waals surface area contributed by atoms with Crippen molar-refractivity contribution in [2.75, 3.05) is 13.1 Å². The Bertz CT molecular complexity index is 1220. The van der Waals surface area contributed by atoms with Gasteiger partial charge in [-0.3, -0.25) is 24.6 Å². The highest BCUT2D eigenvalue weighted by Crippen LogP contribution is 2.32. The van der Waals surface area contributed by atoms with Gasteiger partial charge in [-0.15, -0.1) is 10.2 Å². The van der Waals surface area contributed by atoms with Crippen LogP contribution in [0.1, 0.15) is 30.6 Å². The normalized spacial score (nSPS) is 19.5. The number of rotatable bonds is 5. The van der Waals surface area contributed by atoms with Crippen molar-refractivity contribution < 1.29 is 37.2 Å². The Morgan fingerprint density at radius 2 is 1.89 bits per heavy atom. The zero-order chi connectivity index (χ0) is 26.9. The largest absolute Gasteiger partial charge is 0.451 e. The molecule has 3 heterocycles. The molecule has 4 rings (SSSR count). The van der Waals surface area contributed by atoms with Crippen LogP contribution < -0.4 is 0 Å². The molecule has 0 saturated carbocycles. The Morgan fingerprint density at radius 3 is 2.51 bits per heavy atom. The number of alkyl halides is 3. The maximum atomic E-state index is 13.4. The van der Waals surface area contributed by atoms with Crippen LogP contribution in [0.25, 0.3) is 0 Å². The van der Waals surface area contributed by atoms with E-state index in [9.17, 15) is 37.7 Å². The number of carbonyl (C=O) groups is 3. The number of likely N-dealkylation sites (tertiary alicyclic amines) is 1. The van der Waals surface area contributed by atoms with Crippen molar-refractivity contribution in [3.05, 3.63) is 51.6 Å². The predicted octanol–water partition coefficient (Wildman–Crippen LogP) is 2.61. The van der Waals surface area contributed by atoms with Crippen molar-refractivity contribution in [2.45, 2.75) is 50.5 Å². The minimum atomic E-state index is -4.68. The second kappa shape index (κ2) is 10.4. The molecule has 0 aliphatic carbocycles. The van der Waals surface area contributed by atoms with E-state index in [-0.39, 0.29) is 61.1 Å². The SMILES string of the molecule is CC(=O)S[C@H]1C[C@@H](C(=O)N2CCn3c(nnc3C(F)(F)F)C2)N(C(=O)OCc2ccc([N+](=O)[O-])cc2)C1. The maximum Gasteiger partial charge on any atom is 0.451 e. The molecule has 16 heteroatoms. The highest BCUT2D eigenvalue weighted by Gasteiger charge is 2.45. The molecule has 2 atom stereocenters. The number of hydrogen-bond donors (Lipinski definition) is 0. The number of non-ortho nitro benzene ring substituents is 1. The number of ether oxygens (including phenoxy) is 1. The summed E-state index contributed by atoms with van der Waals surface area (Å²) in [4.78, 5) is 50.7. The van der Waals surface area contributed by atoms with Crippen molar-refractivity contribution in [2.24, 2.45) is 0 Å². The zero-order valence-electron chi connectivity index (χ0n) is 19.4. The first-order valence-corrected chi connectivity index (χ1v) is 11.9. The third-order valence-electron chi connectivity index (χ3n) is 5.94. The van der Waals surface area contributed by atoms with Gasteiger partial charge in [-0.2, -0.15) is 13.2 Å². The van der Waals surface area contributed by atoms with Gasteiger partial charge in [-0.1, -0.05) is 11.8 Å². The molecule has 1 fully saturated rings. The zero-order valence-corrected chi connectivity index (χ0v) is 20.2. The number of hydrogen-bond acceptors (Lipinski definition) is 9. The Labute approximate surface area is 211 Å². The lowest BCUT2D eigenvalue weighted by molar-refractivity contribution is -0.384. The van der Waals surface area contributed by atoms with Crippen LogP contribution >= 0.6 is 11.8 Å². The molecule has 0 spiro atoms. The van der Waals surface area contributed by atoms with Crippen LogP contribution in [0.2, 0.25) is 0 Å². The first-order valence-electron chi connectivity index (χ1n) is 11.1. The molecule has 0 unspecified atom stereocenters. The molecule has 1 aromatic heterocycles. The van der Waals surface area contributed by atoms with Gasteiger partial charge in [0.2, 0.25) is 11.7 Å². The minimum absolute atomic E-state index is 0.0214. The highest BCUT2D eigenvalue weighted by molar-refractivity contribution is 8.14. The summed E-state index contributed by atoms with van der Waals surface area (Å²) in [5.74, 6) is -1.65. The summed E-state index contributed by atoms with van der Waals surface area (Å²) >= 11 is 0.990. The fourth-order valence-corrected chi connectivity index (χ4v) is 5.24. The van der Waals surface area contributed by atoms with Gasteiger partial charge < -0.3 is 14.2 Å². The number of amides is 2. The van der Waals surface area contributed by atoms with Gasteiger partial charge in [0.15, 0.2) is 10.9 Å². The van der Waals surface area contributed by atoms with E-state index >= 15 is 0 Å². The van der Waals surface area contributed by atoms with Crippen molar-refractivity contribution in [3.8, 4) is 0 Å². The van der Waals surface area contributed by atoms with Gasteiger partial charge in [-0.25, -0.2) is 4.79 Å². The molecule has 37 heavy (non-hydrogen) atoms. The van der Waals surface area contributed by atoms with E-state index in [0.717, 1.165) is 16.3 Å². The minimum Gasteiger partial charge on any atom is -0.445 e. The van der Waals surface area contributed by atoms with E-state index in [1.807, 2.05) is 0 Å². The molecule has 0 radical (unpaired) electrons. The predicted molar refractivity (Wildman–Crippen MR) is 121 cm³/mol. The van der Waals surface area contributed by atoms with Crippen LogP contribution in [0, 0.1) is 10.1 Å². The first-order chi connectivity index (χ1) is 17.4. The van der Waals surface area contributed by atoms with Crippen LogP contribution in [-0.4, -0.2) is 71.0 Å². The molecule has 198 valence electrons. The van der Waals surface area contributed by atoms with Crippen LogP contribution in [-0.2, 0) is 40.2 Å². The molecule has 2 aliphatic rings. The lowest BCUT2D eigenvalue weighted by Crippen LogP contribution is -2.50. The summed E-state index contributed by atoms with van der Waals surface area (Å²) in [5, 5.41) is 17.0. The van der Waals surface area contributed by atoms with Crippen LogP contribution in [0.3, 0.4) is 0 Å². The summed E-state index contributed by atoms with van der Waals surface area (Å²) < 4.78 is 45.6. The number of halogens is 3. The molecule has 0 N–H and O–H groups in total. The Balaban J connectivity index is 1.46. The first kappa shape index (κ1) is 26.4. The number of nitro benzene ring substituents is 1. The lowest BCUT2D eigenvalue weighted by Gasteiger charge is -2.32. The second-order valence-electron chi connectivity index (χ2n) is 8.46. The number of thioether (sulfide) groups is 1. The number of aromatic nitrogens is 3. The van der Waals surface area contributed by atoms with Gasteiger partial charge in [-0.05, 0) is 24.1 Å². The molecule has 1 saturated heterocycles. The molecule has 2 aromatic rings. The van der Waals surface area contributed by atoms with E-state index in [2.05, 4.69) is 10.2 Å². The number of nitro groups is 1. The summed E-state index contributed by atoms with van der Waals surface area (Å²) in [7, 11) is 0. The lowest BCUT2D eigenvalue weighted by atomic mass is 10.1.